The van der Waals surface area contributed by atoms with Crippen molar-refractivity contribution >= 4 is 50.8 Å². The van der Waals surface area contributed by atoms with Crippen LogP contribution in [0.15, 0.2) is 52.4 Å². The number of benzene rings is 2. The predicted molar refractivity (Wildman–Crippen MR) is 114 cm³/mol. The van der Waals surface area contributed by atoms with Gasteiger partial charge in [-0.1, -0.05) is 35.1 Å². The van der Waals surface area contributed by atoms with Gasteiger partial charge in [0.1, 0.15) is 0 Å². The first-order valence-electron chi connectivity index (χ1n) is 8.68. The second-order valence-electron chi connectivity index (χ2n) is 5.88. The minimum atomic E-state index is -0.167. The average Bonchev–Trinajstić information content (AvgIpc) is 3.00. The fraction of sp³-hybridized carbons (Fsp3) is 0.300. The van der Waals surface area contributed by atoms with Crippen LogP contribution in [-0.2, 0) is 22.5 Å². The molecule has 0 spiro atoms. The lowest BCUT2D eigenvalue weighted by atomic mass is 10.1. The Kier molecular flexibility index (Phi) is 7.13. The number of carbonyl (C=O) groups excluding carboxylic acids is 1. The number of hydrogen-bond acceptors (Lipinski definition) is 4. The lowest BCUT2D eigenvalue weighted by Gasteiger charge is -2.06. The second kappa shape index (κ2) is 9.55. The lowest BCUT2D eigenvalue weighted by molar-refractivity contribution is -0.117. The van der Waals surface area contributed by atoms with Gasteiger partial charge in [0.15, 0.2) is 4.80 Å². The fourth-order valence-corrected chi connectivity index (χ4v) is 4.46. The van der Waals surface area contributed by atoms with Gasteiger partial charge < -0.3 is 9.30 Å². The summed E-state index contributed by atoms with van der Waals surface area (Å²) in [5.41, 5.74) is 1.98. The summed E-state index contributed by atoms with van der Waals surface area (Å²) in [5.74, 6) is -0.167. The Bertz CT molecular complexity index is 993. The first-order chi connectivity index (χ1) is 13.1. The van der Waals surface area contributed by atoms with E-state index in [9.17, 15) is 4.79 Å². The number of aromatic nitrogens is 1. The Morgan fingerprint density at radius 2 is 2.04 bits per heavy atom. The van der Waals surface area contributed by atoms with Gasteiger partial charge in [0, 0.05) is 23.1 Å². The molecule has 0 aliphatic rings. The molecule has 0 atom stereocenters. The van der Waals surface area contributed by atoms with E-state index in [-0.39, 0.29) is 12.3 Å². The molecule has 3 aromatic rings. The Morgan fingerprint density at radius 1 is 1.26 bits per heavy atom. The quantitative estimate of drug-likeness (QED) is 0.408. The van der Waals surface area contributed by atoms with E-state index in [2.05, 4.69) is 34.0 Å². The molecule has 4 nitrogen and oxygen atoms in total. The van der Waals surface area contributed by atoms with Crippen molar-refractivity contribution in [3.63, 3.8) is 0 Å². The average molecular weight is 421 g/mol. The molecule has 1 amide bonds. The zero-order valence-corrected chi connectivity index (χ0v) is 17.7. The van der Waals surface area contributed by atoms with Crippen LogP contribution in [0.2, 0.25) is 5.02 Å². The summed E-state index contributed by atoms with van der Waals surface area (Å²) in [4.78, 5) is 18.8. The largest absolute Gasteiger partial charge is 0.380 e. The van der Waals surface area contributed by atoms with Crippen molar-refractivity contribution in [2.75, 3.05) is 19.5 Å². The Labute approximate surface area is 171 Å². The summed E-state index contributed by atoms with van der Waals surface area (Å²) in [6.45, 7) is 3.90. The van der Waals surface area contributed by atoms with E-state index in [1.165, 1.54) is 16.2 Å². The van der Waals surface area contributed by atoms with Crippen molar-refractivity contribution in [1.82, 2.24) is 4.57 Å². The third kappa shape index (κ3) is 5.23. The zero-order chi connectivity index (χ0) is 19.2. The normalized spacial score (nSPS) is 12.0. The van der Waals surface area contributed by atoms with E-state index in [1.54, 1.807) is 23.9 Å². The number of rotatable bonds is 7. The number of carbonyl (C=O) groups is 1. The number of fused-ring (bicyclic) bond motifs is 1. The third-order valence-electron chi connectivity index (χ3n) is 4.04. The molecule has 0 unspecified atom stereocenters. The molecule has 2 aromatic carbocycles. The van der Waals surface area contributed by atoms with Crippen molar-refractivity contribution in [3.05, 3.63) is 57.9 Å². The summed E-state index contributed by atoms with van der Waals surface area (Å²) < 4.78 is 8.70. The van der Waals surface area contributed by atoms with Crippen LogP contribution in [0.5, 0.6) is 0 Å². The van der Waals surface area contributed by atoms with Crippen LogP contribution >= 0.6 is 34.7 Å². The third-order valence-corrected chi connectivity index (χ3v) is 6.06. The van der Waals surface area contributed by atoms with Crippen LogP contribution in [0.25, 0.3) is 10.2 Å². The van der Waals surface area contributed by atoms with Crippen LogP contribution in [0, 0.1) is 0 Å². The van der Waals surface area contributed by atoms with Crippen molar-refractivity contribution < 1.29 is 9.53 Å². The molecule has 0 bridgehead atoms. The molecule has 1 aromatic heterocycles. The summed E-state index contributed by atoms with van der Waals surface area (Å²) in [6, 6.07) is 13.6. The van der Waals surface area contributed by atoms with Gasteiger partial charge in [0.25, 0.3) is 5.91 Å². The van der Waals surface area contributed by atoms with Gasteiger partial charge in [0.2, 0.25) is 0 Å². The van der Waals surface area contributed by atoms with Gasteiger partial charge in [-0.15, -0.1) is 11.8 Å². The maximum atomic E-state index is 12.5. The van der Waals surface area contributed by atoms with Crippen molar-refractivity contribution in [2.24, 2.45) is 4.99 Å². The molecule has 3 rings (SSSR count). The highest BCUT2D eigenvalue weighted by Crippen LogP contribution is 2.24. The van der Waals surface area contributed by atoms with Gasteiger partial charge in [-0.2, -0.15) is 4.99 Å². The molecule has 27 heavy (non-hydrogen) atoms. The van der Waals surface area contributed by atoms with E-state index < -0.39 is 0 Å². The summed E-state index contributed by atoms with van der Waals surface area (Å²) in [5, 5.41) is 0.658. The number of halogens is 1. The maximum absolute atomic E-state index is 12.5. The van der Waals surface area contributed by atoms with E-state index in [4.69, 9.17) is 16.3 Å². The number of thioether (sulfide) groups is 1. The fourth-order valence-electron chi connectivity index (χ4n) is 2.71. The lowest BCUT2D eigenvalue weighted by Crippen LogP contribution is -2.20. The SMILES string of the molecule is CCOCCn1c(=NC(=O)Cc2ccc(Cl)cc2)sc2cc(SC)ccc21. The topological polar surface area (TPSA) is 43.6 Å². The number of amides is 1. The van der Waals surface area contributed by atoms with Crippen molar-refractivity contribution in [2.45, 2.75) is 24.8 Å². The number of hydrogen-bond donors (Lipinski definition) is 0. The molecule has 0 N–H and O–H groups in total. The van der Waals surface area contributed by atoms with Crippen LogP contribution in [0.4, 0.5) is 0 Å². The molecule has 7 heteroatoms. The van der Waals surface area contributed by atoms with Crippen molar-refractivity contribution in [3.8, 4) is 0 Å². The Hall–Kier alpha value is -1.60. The van der Waals surface area contributed by atoms with E-state index in [0.717, 1.165) is 15.8 Å². The predicted octanol–water partition coefficient (Wildman–Crippen LogP) is 4.78. The van der Waals surface area contributed by atoms with Gasteiger partial charge in [0.05, 0.1) is 23.2 Å². The highest BCUT2D eigenvalue weighted by atomic mass is 35.5. The first kappa shape index (κ1) is 20.1. The highest BCUT2D eigenvalue weighted by molar-refractivity contribution is 7.98. The molecule has 0 aliphatic carbocycles. The molecular formula is C20H21ClN2O2S2. The molecule has 0 saturated carbocycles. The summed E-state index contributed by atoms with van der Waals surface area (Å²) in [6.07, 6.45) is 2.31. The summed E-state index contributed by atoms with van der Waals surface area (Å²) in [7, 11) is 0. The standard InChI is InChI=1S/C20H21ClN2O2S2/c1-3-25-11-10-23-17-9-8-16(26-2)13-18(17)27-20(23)22-19(24)12-14-4-6-15(21)7-5-14/h4-9,13H,3,10-12H2,1-2H3. The van der Waals surface area contributed by atoms with E-state index in [0.29, 0.717) is 29.6 Å². The molecule has 0 radical (unpaired) electrons. The highest BCUT2D eigenvalue weighted by Gasteiger charge is 2.09. The van der Waals surface area contributed by atoms with Gasteiger partial charge in [-0.3, -0.25) is 4.79 Å². The molecule has 0 fully saturated rings. The first-order valence-corrected chi connectivity index (χ1v) is 11.1. The van der Waals surface area contributed by atoms with Crippen molar-refractivity contribution in [1.29, 1.82) is 0 Å². The molecule has 0 saturated heterocycles. The van der Waals surface area contributed by atoms with Crippen LogP contribution in [-0.4, -0.2) is 29.9 Å². The number of ether oxygens (including phenoxy) is 1. The van der Waals surface area contributed by atoms with E-state index in [1.807, 2.05) is 19.1 Å². The maximum Gasteiger partial charge on any atom is 0.252 e. The number of nitrogens with zero attached hydrogens (tertiary/aromatic N) is 2. The molecule has 0 aliphatic heterocycles. The Morgan fingerprint density at radius 3 is 2.74 bits per heavy atom. The molecular weight excluding hydrogens is 400 g/mol. The summed E-state index contributed by atoms with van der Waals surface area (Å²) >= 11 is 9.15. The van der Waals surface area contributed by atoms with Crippen LogP contribution in [0.3, 0.4) is 0 Å². The molecule has 142 valence electrons. The minimum Gasteiger partial charge on any atom is -0.380 e. The second-order valence-corrected chi connectivity index (χ2v) is 8.20. The smallest absolute Gasteiger partial charge is 0.252 e. The monoisotopic (exact) mass is 420 g/mol. The van der Waals surface area contributed by atoms with Gasteiger partial charge in [-0.25, -0.2) is 0 Å². The van der Waals surface area contributed by atoms with Gasteiger partial charge in [-0.05, 0) is 49.1 Å². The zero-order valence-electron chi connectivity index (χ0n) is 15.3. The van der Waals surface area contributed by atoms with E-state index >= 15 is 0 Å². The molecule has 1 heterocycles. The number of thiazole rings is 1. The van der Waals surface area contributed by atoms with Crippen LogP contribution < -0.4 is 4.80 Å². The minimum absolute atomic E-state index is 0.167. The van der Waals surface area contributed by atoms with Crippen LogP contribution in [0.1, 0.15) is 12.5 Å². The Balaban J connectivity index is 1.94. The van der Waals surface area contributed by atoms with Gasteiger partial charge >= 0.3 is 0 Å².